The van der Waals surface area contributed by atoms with Gasteiger partial charge in [0.05, 0.1) is 27.0 Å². The molecular formula is C20H23ClN6O3S2. The van der Waals surface area contributed by atoms with Gasteiger partial charge < -0.3 is 5.32 Å². The minimum Gasteiger partial charge on any atom is -0.324 e. The zero-order valence-electron chi connectivity index (χ0n) is 17.8. The second-order valence-corrected chi connectivity index (χ2v) is 10.0. The molecule has 3 aromatic rings. The number of tetrazole rings is 1. The van der Waals surface area contributed by atoms with Crippen molar-refractivity contribution in [2.24, 2.45) is 0 Å². The fraction of sp³-hybridized carbons (Fsp3) is 0.300. The van der Waals surface area contributed by atoms with Gasteiger partial charge in [-0.2, -0.15) is 8.99 Å². The van der Waals surface area contributed by atoms with Crippen LogP contribution in [0.2, 0.25) is 5.02 Å². The van der Waals surface area contributed by atoms with Crippen molar-refractivity contribution in [1.82, 2.24) is 24.5 Å². The van der Waals surface area contributed by atoms with Crippen LogP contribution in [0.25, 0.3) is 5.69 Å². The number of halogens is 1. The van der Waals surface area contributed by atoms with E-state index in [4.69, 9.17) is 11.6 Å². The van der Waals surface area contributed by atoms with Crippen LogP contribution in [-0.4, -0.2) is 57.7 Å². The molecule has 0 unspecified atom stereocenters. The summed E-state index contributed by atoms with van der Waals surface area (Å²) in [5, 5.41) is 15.1. The Labute approximate surface area is 196 Å². The predicted octanol–water partition coefficient (Wildman–Crippen LogP) is 3.39. The average Bonchev–Trinajstić information content (AvgIpc) is 3.23. The van der Waals surface area contributed by atoms with Gasteiger partial charge in [-0.05, 0) is 47.2 Å². The Morgan fingerprint density at radius 1 is 1.19 bits per heavy atom. The van der Waals surface area contributed by atoms with Crippen LogP contribution in [0.1, 0.15) is 19.4 Å². The number of aromatic nitrogens is 4. The summed E-state index contributed by atoms with van der Waals surface area (Å²) in [6, 6.07) is 11.9. The molecule has 0 fully saturated rings. The highest BCUT2D eigenvalue weighted by atomic mass is 35.5. The van der Waals surface area contributed by atoms with Gasteiger partial charge in [-0.15, -0.1) is 5.10 Å². The van der Waals surface area contributed by atoms with Crippen LogP contribution in [0.5, 0.6) is 0 Å². The topological polar surface area (TPSA) is 110 Å². The van der Waals surface area contributed by atoms with E-state index in [0.29, 0.717) is 18.2 Å². The van der Waals surface area contributed by atoms with Crippen LogP contribution in [0.4, 0.5) is 5.69 Å². The van der Waals surface area contributed by atoms with E-state index in [1.165, 1.54) is 22.5 Å². The standard InChI is InChI=1S/C20H23ClN6O3S2/c1-4-26(5-2)32(29,30)15-10-11-16(21)17(12-15)22-19(28)13-31-20-23-24-25-27(20)18-9-7-6-8-14(18)3/h6-12H,4-5,13H2,1-3H3,(H,22,28). The van der Waals surface area contributed by atoms with E-state index in [1.54, 1.807) is 18.5 Å². The van der Waals surface area contributed by atoms with E-state index in [0.717, 1.165) is 23.0 Å². The predicted molar refractivity (Wildman–Crippen MR) is 125 cm³/mol. The Kier molecular flexibility index (Phi) is 7.88. The quantitative estimate of drug-likeness (QED) is 0.454. The maximum atomic E-state index is 12.8. The molecule has 0 bridgehead atoms. The minimum absolute atomic E-state index is 0.00953. The maximum Gasteiger partial charge on any atom is 0.243 e. The van der Waals surface area contributed by atoms with E-state index in [1.807, 2.05) is 31.2 Å². The van der Waals surface area contributed by atoms with Gasteiger partial charge in [0, 0.05) is 13.1 Å². The second kappa shape index (κ2) is 10.4. The Bertz CT molecular complexity index is 1210. The summed E-state index contributed by atoms with van der Waals surface area (Å²) >= 11 is 7.35. The first kappa shape index (κ1) is 24.2. The number of amides is 1. The SMILES string of the molecule is CCN(CC)S(=O)(=O)c1ccc(Cl)c(NC(=O)CSc2nnnn2-c2ccccc2C)c1. The first-order valence-electron chi connectivity index (χ1n) is 9.84. The number of hydrogen-bond acceptors (Lipinski definition) is 7. The van der Waals surface area contributed by atoms with Crippen LogP contribution in [0, 0.1) is 6.92 Å². The van der Waals surface area contributed by atoms with E-state index < -0.39 is 10.0 Å². The number of nitrogens with zero attached hydrogens (tertiary/aromatic N) is 5. The van der Waals surface area contributed by atoms with Crippen molar-refractivity contribution in [2.75, 3.05) is 24.2 Å². The number of carbonyl (C=O) groups excluding carboxylic acids is 1. The number of hydrogen-bond donors (Lipinski definition) is 1. The van der Waals surface area contributed by atoms with Crippen molar-refractivity contribution >= 4 is 45.0 Å². The summed E-state index contributed by atoms with van der Waals surface area (Å²) in [6.45, 7) is 6.16. The minimum atomic E-state index is -3.68. The van der Waals surface area contributed by atoms with Crippen LogP contribution in [0.15, 0.2) is 52.5 Å². The Morgan fingerprint density at radius 3 is 2.59 bits per heavy atom. The number of benzene rings is 2. The summed E-state index contributed by atoms with van der Waals surface area (Å²) in [5.74, 6) is -0.357. The maximum absolute atomic E-state index is 12.8. The van der Waals surface area contributed by atoms with Gasteiger partial charge in [0.25, 0.3) is 0 Å². The molecule has 0 saturated heterocycles. The molecule has 1 heterocycles. The average molecular weight is 495 g/mol. The van der Waals surface area contributed by atoms with Gasteiger partial charge in [-0.3, -0.25) is 4.79 Å². The number of carbonyl (C=O) groups is 1. The van der Waals surface area contributed by atoms with Gasteiger partial charge in [0.1, 0.15) is 0 Å². The Hall–Kier alpha value is -2.47. The third kappa shape index (κ3) is 5.29. The van der Waals surface area contributed by atoms with E-state index in [-0.39, 0.29) is 27.3 Å². The first-order valence-corrected chi connectivity index (χ1v) is 12.6. The lowest BCUT2D eigenvalue weighted by atomic mass is 10.2. The zero-order chi connectivity index (χ0) is 23.3. The van der Waals surface area contributed by atoms with E-state index in [9.17, 15) is 13.2 Å². The highest BCUT2D eigenvalue weighted by molar-refractivity contribution is 7.99. The summed E-state index contributed by atoms with van der Waals surface area (Å²) in [7, 11) is -3.68. The molecule has 0 aliphatic carbocycles. The molecule has 9 nitrogen and oxygen atoms in total. The van der Waals surface area contributed by atoms with Crippen molar-refractivity contribution in [3.05, 3.63) is 53.1 Å². The summed E-state index contributed by atoms with van der Waals surface area (Å²) < 4.78 is 28.4. The fourth-order valence-electron chi connectivity index (χ4n) is 3.01. The normalized spacial score (nSPS) is 11.7. The summed E-state index contributed by atoms with van der Waals surface area (Å²) in [5.41, 5.74) is 2.03. The van der Waals surface area contributed by atoms with Crippen molar-refractivity contribution in [3.63, 3.8) is 0 Å². The fourth-order valence-corrected chi connectivity index (χ4v) is 5.34. The number of rotatable bonds is 9. The van der Waals surface area contributed by atoms with Crippen molar-refractivity contribution in [1.29, 1.82) is 0 Å². The molecule has 1 N–H and O–H groups in total. The molecule has 0 aliphatic rings. The highest BCUT2D eigenvalue weighted by Gasteiger charge is 2.23. The monoisotopic (exact) mass is 494 g/mol. The lowest BCUT2D eigenvalue weighted by Crippen LogP contribution is -2.30. The van der Waals surface area contributed by atoms with E-state index in [2.05, 4.69) is 20.8 Å². The lowest BCUT2D eigenvalue weighted by Gasteiger charge is -2.19. The molecule has 12 heteroatoms. The van der Waals surface area contributed by atoms with E-state index >= 15 is 0 Å². The van der Waals surface area contributed by atoms with Gasteiger partial charge in [0.2, 0.25) is 21.1 Å². The number of sulfonamides is 1. The number of thioether (sulfide) groups is 1. The summed E-state index contributed by atoms with van der Waals surface area (Å²) in [4.78, 5) is 12.6. The van der Waals surface area contributed by atoms with Gasteiger partial charge >= 0.3 is 0 Å². The molecule has 0 saturated carbocycles. The number of nitrogens with one attached hydrogen (secondary N) is 1. The van der Waals surface area contributed by atoms with Crippen LogP contribution in [0.3, 0.4) is 0 Å². The van der Waals surface area contributed by atoms with Gasteiger partial charge in [-0.25, -0.2) is 8.42 Å². The highest BCUT2D eigenvalue weighted by Crippen LogP contribution is 2.28. The Balaban J connectivity index is 1.73. The van der Waals surface area contributed by atoms with Crippen molar-refractivity contribution < 1.29 is 13.2 Å². The van der Waals surface area contributed by atoms with Crippen molar-refractivity contribution in [2.45, 2.75) is 30.8 Å². The number of para-hydroxylation sites is 1. The third-order valence-electron chi connectivity index (χ3n) is 4.67. The molecular weight excluding hydrogens is 472 g/mol. The molecule has 1 amide bonds. The largest absolute Gasteiger partial charge is 0.324 e. The van der Waals surface area contributed by atoms with Crippen molar-refractivity contribution in [3.8, 4) is 5.69 Å². The molecule has 0 atom stereocenters. The molecule has 1 aromatic heterocycles. The molecule has 0 aliphatic heterocycles. The smallest absolute Gasteiger partial charge is 0.243 e. The molecule has 32 heavy (non-hydrogen) atoms. The molecule has 170 valence electrons. The lowest BCUT2D eigenvalue weighted by molar-refractivity contribution is -0.113. The van der Waals surface area contributed by atoms with Crippen LogP contribution < -0.4 is 5.32 Å². The molecule has 2 aromatic carbocycles. The molecule has 3 rings (SSSR count). The first-order chi connectivity index (χ1) is 15.3. The Morgan fingerprint density at radius 2 is 1.91 bits per heavy atom. The zero-order valence-corrected chi connectivity index (χ0v) is 20.2. The van der Waals surface area contributed by atoms with Gasteiger partial charge in [-0.1, -0.05) is 55.4 Å². The third-order valence-corrected chi connectivity index (χ3v) is 7.97. The number of anilines is 1. The molecule has 0 radical (unpaired) electrons. The van der Waals surface area contributed by atoms with Crippen LogP contribution >= 0.6 is 23.4 Å². The second-order valence-electron chi connectivity index (χ2n) is 6.73. The summed E-state index contributed by atoms with van der Waals surface area (Å²) in [6.07, 6.45) is 0. The number of aryl methyl sites for hydroxylation is 1. The van der Waals surface area contributed by atoms with Gasteiger partial charge in [0.15, 0.2) is 0 Å². The van der Waals surface area contributed by atoms with Crippen LogP contribution in [-0.2, 0) is 14.8 Å². The molecule has 0 spiro atoms.